The van der Waals surface area contributed by atoms with E-state index in [1.165, 1.54) is 14.2 Å². The molecule has 0 unspecified atom stereocenters. The predicted molar refractivity (Wildman–Crippen MR) is 72.2 cm³/mol. The van der Waals surface area contributed by atoms with Crippen LogP contribution in [0.2, 0.25) is 0 Å². The number of carbonyl (C=O) groups is 2. The highest BCUT2D eigenvalue weighted by Gasteiger charge is 2.13. The molecule has 0 saturated heterocycles. The van der Waals surface area contributed by atoms with Crippen molar-refractivity contribution in [3.63, 3.8) is 0 Å². The van der Waals surface area contributed by atoms with Crippen molar-refractivity contribution < 1.29 is 19.1 Å². The number of benzene rings is 2. The molecule has 0 saturated carbocycles. The van der Waals surface area contributed by atoms with Gasteiger partial charge in [0, 0.05) is 0 Å². The third kappa shape index (κ3) is 2.80. The third-order valence-corrected chi connectivity index (χ3v) is 2.68. The number of rotatable bonds is 2. The Morgan fingerprint density at radius 1 is 1.00 bits per heavy atom. The smallest absolute Gasteiger partial charge is 0.452 e. The minimum absolute atomic E-state index is 0.235. The summed E-state index contributed by atoms with van der Waals surface area (Å²) in [4.78, 5) is 22.8. The van der Waals surface area contributed by atoms with Crippen molar-refractivity contribution in [2.45, 2.75) is 0 Å². The second-order valence-corrected chi connectivity index (χ2v) is 3.88. The molecule has 0 aromatic heterocycles. The normalized spacial score (nSPS) is 10.7. The number of methoxy groups -OCH3 is 2. The summed E-state index contributed by atoms with van der Waals surface area (Å²) in [7, 11) is 2.47. The first-order chi connectivity index (χ1) is 9.65. The van der Waals surface area contributed by atoms with Crippen LogP contribution in [0.15, 0.2) is 46.6 Å². The van der Waals surface area contributed by atoms with E-state index in [1.807, 2.05) is 24.3 Å². The van der Waals surface area contributed by atoms with Crippen LogP contribution in [0.4, 0.5) is 10.5 Å². The van der Waals surface area contributed by atoms with Gasteiger partial charge in [0.15, 0.2) is 0 Å². The molecule has 0 aliphatic carbocycles. The molecule has 0 radical (unpaired) electrons. The Balaban J connectivity index is 2.57. The summed E-state index contributed by atoms with van der Waals surface area (Å²) < 4.78 is 9.07. The molecular weight excluding hydrogens is 260 g/mol. The summed E-state index contributed by atoms with van der Waals surface area (Å²) in [5.74, 6) is -0.547. The molecule has 2 aromatic rings. The van der Waals surface area contributed by atoms with Crippen LogP contribution in [0.3, 0.4) is 0 Å². The van der Waals surface area contributed by atoms with E-state index < -0.39 is 12.1 Å². The van der Waals surface area contributed by atoms with Gasteiger partial charge in [-0.05, 0) is 22.9 Å². The van der Waals surface area contributed by atoms with Crippen molar-refractivity contribution in [3.8, 4) is 0 Å². The maximum Gasteiger partial charge on any atom is 0.452 e. The molecule has 20 heavy (non-hydrogen) atoms. The number of amides is 1. The lowest BCUT2D eigenvalue weighted by molar-refractivity contribution is 0.0601. The number of azo groups is 1. The van der Waals surface area contributed by atoms with Crippen molar-refractivity contribution >= 4 is 28.5 Å². The third-order valence-electron chi connectivity index (χ3n) is 2.68. The lowest BCUT2D eigenvalue weighted by atomic mass is 10.1. The standard InChI is InChI=1S/C14H12N2O4/c1-19-13(17)11-7-9-5-3-4-6-10(9)8-12(11)15-16-14(18)20-2/h3-8H,1-2H3. The van der Waals surface area contributed by atoms with E-state index >= 15 is 0 Å². The van der Waals surface area contributed by atoms with E-state index in [0.29, 0.717) is 0 Å². The highest BCUT2D eigenvalue weighted by molar-refractivity contribution is 6.01. The Morgan fingerprint density at radius 2 is 1.65 bits per heavy atom. The molecule has 0 aliphatic heterocycles. The summed E-state index contributed by atoms with van der Waals surface area (Å²) in [6.45, 7) is 0. The van der Waals surface area contributed by atoms with Gasteiger partial charge >= 0.3 is 12.1 Å². The largest absolute Gasteiger partial charge is 0.465 e. The van der Waals surface area contributed by atoms with Crippen LogP contribution in [0, 0.1) is 0 Å². The minimum atomic E-state index is -0.839. The summed E-state index contributed by atoms with van der Waals surface area (Å²) in [5, 5.41) is 8.84. The van der Waals surface area contributed by atoms with Gasteiger partial charge in [0.2, 0.25) is 0 Å². The number of fused-ring (bicyclic) bond motifs is 1. The van der Waals surface area contributed by atoms with Gasteiger partial charge in [0.25, 0.3) is 0 Å². The molecule has 0 atom stereocenters. The molecule has 0 bridgehead atoms. The van der Waals surface area contributed by atoms with E-state index in [4.69, 9.17) is 4.74 Å². The van der Waals surface area contributed by atoms with Crippen molar-refractivity contribution in [1.29, 1.82) is 0 Å². The molecule has 6 nitrogen and oxygen atoms in total. The fourth-order valence-electron chi connectivity index (χ4n) is 1.72. The number of nitrogens with zero attached hydrogens (tertiary/aromatic N) is 2. The van der Waals surface area contributed by atoms with E-state index in [0.717, 1.165) is 10.8 Å². The minimum Gasteiger partial charge on any atom is -0.465 e. The number of hydrogen-bond donors (Lipinski definition) is 0. The molecule has 0 N–H and O–H groups in total. The van der Waals surface area contributed by atoms with E-state index in [-0.39, 0.29) is 11.3 Å². The number of carbonyl (C=O) groups excluding carboxylic acids is 2. The molecule has 0 aliphatic rings. The summed E-state index contributed by atoms with van der Waals surface area (Å²) in [5.41, 5.74) is 0.486. The highest BCUT2D eigenvalue weighted by atomic mass is 16.5. The van der Waals surface area contributed by atoms with Crippen molar-refractivity contribution in [1.82, 2.24) is 0 Å². The van der Waals surface area contributed by atoms with Gasteiger partial charge in [-0.2, -0.15) is 0 Å². The molecule has 102 valence electrons. The zero-order valence-electron chi connectivity index (χ0n) is 11.0. The first-order valence-electron chi connectivity index (χ1n) is 5.76. The molecule has 1 amide bonds. The Labute approximate surface area is 115 Å². The molecular formula is C14H12N2O4. The Kier molecular flexibility index (Phi) is 4.05. The van der Waals surface area contributed by atoms with Gasteiger partial charge in [-0.3, -0.25) is 0 Å². The predicted octanol–water partition coefficient (Wildman–Crippen LogP) is 3.48. The van der Waals surface area contributed by atoms with Crippen molar-refractivity contribution in [3.05, 3.63) is 42.0 Å². The Hall–Kier alpha value is -2.76. The zero-order chi connectivity index (χ0) is 14.5. The first-order valence-corrected chi connectivity index (χ1v) is 5.76. The van der Waals surface area contributed by atoms with Gasteiger partial charge < -0.3 is 9.47 Å². The quantitative estimate of drug-likeness (QED) is 0.619. The SMILES string of the molecule is COC(=O)N=Nc1cc2ccccc2cc1C(=O)OC. The highest BCUT2D eigenvalue weighted by Crippen LogP contribution is 2.27. The van der Waals surface area contributed by atoms with Crippen LogP contribution < -0.4 is 0 Å². The van der Waals surface area contributed by atoms with Crippen LogP contribution in [0.1, 0.15) is 10.4 Å². The van der Waals surface area contributed by atoms with Crippen LogP contribution in [0.25, 0.3) is 10.8 Å². The van der Waals surface area contributed by atoms with Gasteiger partial charge in [-0.1, -0.05) is 29.4 Å². The monoisotopic (exact) mass is 272 g/mol. The topological polar surface area (TPSA) is 77.3 Å². The molecule has 2 rings (SSSR count). The van der Waals surface area contributed by atoms with Crippen LogP contribution in [0.5, 0.6) is 0 Å². The lowest BCUT2D eigenvalue weighted by Crippen LogP contribution is -2.01. The van der Waals surface area contributed by atoms with E-state index in [2.05, 4.69) is 15.0 Å². The lowest BCUT2D eigenvalue weighted by Gasteiger charge is -2.05. The number of hydrogen-bond acceptors (Lipinski definition) is 5. The molecule has 6 heteroatoms. The average molecular weight is 272 g/mol. The van der Waals surface area contributed by atoms with Crippen LogP contribution in [-0.4, -0.2) is 26.3 Å². The molecule has 2 aromatic carbocycles. The van der Waals surface area contributed by atoms with Gasteiger partial charge in [0.05, 0.1) is 19.8 Å². The van der Waals surface area contributed by atoms with E-state index in [1.54, 1.807) is 12.1 Å². The van der Waals surface area contributed by atoms with Crippen molar-refractivity contribution in [2.75, 3.05) is 14.2 Å². The Bertz CT molecular complexity index is 695. The number of ether oxygens (including phenoxy) is 2. The molecule has 0 heterocycles. The van der Waals surface area contributed by atoms with Gasteiger partial charge in [-0.15, -0.1) is 5.11 Å². The first kappa shape index (κ1) is 13.7. The van der Waals surface area contributed by atoms with Gasteiger partial charge in [0.1, 0.15) is 5.69 Å². The summed E-state index contributed by atoms with van der Waals surface area (Å²) in [6.07, 6.45) is -0.839. The molecule has 0 spiro atoms. The fraction of sp³-hybridized carbons (Fsp3) is 0.143. The van der Waals surface area contributed by atoms with Crippen LogP contribution in [-0.2, 0) is 9.47 Å². The second kappa shape index (κ2) is 5.92. The van der Waals surface area contributed by atoms with Crippen LogP contribution >= 0.6 is 0 Å². The second-order valence-electron chi connectivity index (χ2n) is 3.88. The van der Waals surface area contributed by atoms with E-state index in [9.17, 15) is 9.59 Å². The summed E-state index contributed by atoms with van der Waals surface area (Å²) >= 11 is 0. The molecule has 0 fully saturated rings. The number of esters is 1. The van der Waals surface area contributed by atoms with Gasteiger partial charge in [-0.25, -0.2) is 9.59 Å². The zero-order valence-corrected chi connectivity index (χ0v) is 11.0. The van der Waals surface area contributed by atoms with Crippen molar-refractivity contribution in [2.24, 2.45) is 10.2 Å². The maximum atomic E-state index is 11.8. The summed E-state index contributed by atoms with van der Waals surface area (Å²) in [6, 6.07) is 10.8. The average Bonchev–Trinajstić information content (AvgIpc) is 2.50. The fourth-order valence-corrected chi connectivity index (χ4v) is 1.72. The maximum absolute atomic E-state index is 11.8. The Morgan fingerprint density at radius 3 is 2.25 bits per heavy atom.